The maximum Gasteiger partial charge on any atom is 0.194 e. The molecule has 0 unspecified atom stereocenters. The van der Waals surface area contributed by atoms with Crippen LogP contribution in [0.4, 0.5) is 0 Å². The molecule has 2 aromatic heterocycles. The molecule has 0 fully saturated rings. The molecular weight excluding hydrogens is 292 g/mol. The van der Waals surface area contributed by atoms with Crippen molar-refractivity contribution in [1.82, 2.24) is 25.2 Å². The summed E-state index contributed by atoms with van der Waals surface area (Å²) < 4.78 is 7.14. The average molecular weight is 318 g/mol. The highest BCUT2D eigenvalue weighted by atomic mass is 16.5. The lowest BCUT2D eigenvalue weighted by Gasteiger charge is -2.21. The van der Waals surface area contributed by atoms with Crippen LogP contribution < -0.4 is 5.32 Å². The van der Waals surface area contributed by atoms with Crippen LogP contribution in [-0.2, 0) is 20.1 Å². The topological polar surface area (TPSA) is 71.5 Å². The molecule has 2 aromatic rings. The molecule has 0 saturated carbocycles. The van der Waals surface area contributed by atoms with E-state index in [9.17, 15) is 0 Å². The van der Waals surface area contributed by atoms with Crippen LogP contribution in [0.1, 0.15) is 43.7 Å². The lowest BCUT2D eigenvalue weighted by molar-refractivity contribution is 0.375. The lowest BCUT2D eigenvalue weighted by Crippen LogP contribution is -2.38. The second kappa shape index (κ2) is 7.80. The third kappa shape index (κ3) is 4.84. The number of aliphatic imine (C=N–C) groups is 1. The minimum Gasteiger partial charge on any atom is -0.359 e. The van der Waals surface area contributed by atoms with Gasteiger partial charge in [0.15, 0.2) is 11.7 Å². The summed E-state index contributed by atoms with van der Waals surface area (Å²) in [6.07, 6.45) is 3.87. The van der Waals surface area contributed by atoms with Gasteiger partial charge in [-0.25, -0.2) is 4.99 Å². The van der Waals surface area contributed by atoms with E-state index in [1.807, 2.05) is 32.6 Å². The van der Waals surface area contributed by atoms with Crippen LogP contribution in [0.15, 0.2) is 28.0 Å². The molecule has 0 aliphatic carbocycles. The van der Waals surface area contributed by atoms with Gasteiger partial charge in [0.25, 0.3) is 0 Å². The van der Waals surface area contributed by atoms with E-state index in [4.69, 9.17) is 4.52 Å². The van der Waals surface area contributed by atoms with Crippen LogP contribution in [0.2, 0.25) is 0 Å². The van der Waals surface area contributed by atoms with Crippen molar-refractivity contribution in [2.75, 3.05) is 13.6 Å². The first-order chi connectivity index (χ1) is 11.0. The fraction of sp³-hybridized carbons (Fsp3) is 0.562. The standard InChI is InChI=1S/C16H26N6O/c1-6-17-16(21(4)10-13-8-19-22(5)11-13)18-9-14-7-15(12(2)3)20-23-14/h7-8,11-12H,6,9-10H2,1-5H3,(H,17,18). The van der Waals surface area contributed by atoms with Crippen LogP contribution in [0.25, 0.3) is 0 Å². The van der Waals surface area contributed by atoms with Crippen molar-refractivity contribution in [3.8, 4) is 0 Å². The third-order valence-electron chi connectivity index (χ3n) is 3.43. The highest BCUT2D eigenvalue weighted by Gasteiger charge is 2.10. The van der Waals surface area contributed by atoms with Gasteiger partial charge in [0.1, 0.15) is 6.54 Å². The van der Waals surface area contributed by atoms with E-state index < -0.39 is 0 Å². The molecule has 2 rings (SSSR count). The monoisotopic (exact) mass is 318 g/mol. The SMILES string of the molecule is CCNC(=NCc1cc(C(C)C)no1)N(C)Cc1cnn(C)c1. The molecule has 0 radical (unpaired) electrons. The van der Waals surface area contributed by atoms with Crippen LogP contribution in [0.3, 0.4) is 0 Å². The molecule has 2 heterocycles. The number of guanidine groups is 1. The van der Waals surface area contributed by atoms with Crippen molar-refractivity contribution in [2.24, 2.45) is 12.0 Å². The molecule has 0 bridgehead atoms. The van der Waals surface area contributed by atoms with Crippen LogP contribution in [-0.4, -0.2) is 39.4 Å². The second-order valence-electron chi connectivity index (χ2n) is 5.92. The van der Waals surface area contributed by atoms with E-state index in [0.717, 1.165) is 36.1 Å². The first-order valence-corrected chi connectivity index (χ1v) is 7.92. The Morgan fingerprint density at radius 1 is 1.48 bits per heavy atom. The van der Waals surface area contributed by atoms with Gasteiger partial charge in [0, 0.05) is 45.0 Å². The van der Waals surface area contributed by atoms with Crippen molar-refractivity contribution in [3.05, 3.63) is 35.5 Å². The first kappa shape index (κ1) is 17.1. The zero-order valence-electron chi connectivity index (χ0n) is 14.6. The van der Waals surface area contributed by atoms with Crippen molar-refractivity contribution in [3.63, 3.8) is 0 Å². The Kier molecular flexibility index (Phi) is 5.78. The molecule has 0 saturated heterocycles. The normalized spacial score (nSPS) is 12.0. The van der Waals surface area contributed by atoms with Crippen LogP contribution >= 0.6 is 0 Å². The molecule has 0 aromatic carbocycles. The summed E-state index contributed by atoms with van der Waals surface area (Å²) >= 11 is 0. The summed E-state index contributed by atoms with van der Waals surface area (Å²) in [7, 11) is 3.92. The summed E-state index contributed by atoms with van der Waals surface area (Å²) in [5.74, 6) is 1.97. The van der Waals surface area contributed by atoms with Crippen molar-refractivity contribution < 1.29 is 4.52 Å². The zero-order valence-corrected chi connectivity index (χ0v) is 14.6. The highest BCUT2D eigenvalue weighted by Crippen LogP contribution is 2.14. The Balaban J connectivity index is 2.03. The smallest absolute Gasteiger partial charge is 0.194 e. The minimum absolute atomic E-state index is 0.359. The van der Waals surface area contributed by atoms with Gasteiger partial charge < -0.3 is 14.7 Å². The van der Waals surface area contributed by atoms with E-state index in [0.29, 0.717) is 12.5 Å². The number of aryl methyl sites for hydroxylation is 1. The second-order valence-corrected chi connectivity index (χ2v) is 5.92. The summed E-state index contributed by atoms with van der Waals surface area (Å²) in [6.45, 7) is 8.27. The Hall–Kier alpha value is -2.31. The predicted octanol–water partition coefficient (Wildman–Crippen LogP) is 2.13. The maximum absolute atomic E-state index is 5.34. The molecule has 0 aliphatic rings. The predicted molar refractivity (Wildman–Crippen MR) is 90.1 cm³/mol. The molecule has 1 N–H and O–H groups in total. The van der Waals surface area contributed by atoms with Crippen LogP contribution in [0.5, 0.6) is 0 Å². The van der Waals surface area contributed by atoms with E-state index in [2.05, 4.69) is 46.2 Å². The zero-order chi connectivity index (χ0) is 16.8. The van der Waals surface area contributed by atoms with Crippen molar-refractivity contribution in [2.45, 2.75) is 39.8 Å². The Bertz CT molecular complexity index is 643. The molecule has 23 heavy (non-hydrogen) atoms. The number of nitrogens with zero attached hydrogens (tertiary/aromatic N) is 5. The first-order valence-electron chi connectivity index (χ1n) is 7.92. The van der Waals surface area contributed by atoms with Crippen molar-refractivity contribution >= 4 is 5.96 Å². The largest absolute Gasteiger partial charge is 0.359 e. The van der Waals surface area contributed by atoms with E-state index in [1.165, 1.54) is 0 Å². The number of rotatable bonds is 6. The molecule has 7 nitrogen and oxygen atoms in total. The van der Waals surface area contributed by atoms with Gasteiger partial charge in [-0.05, 0) is 12.8 Å². The number of aromatic nitrogens is 3. The maximum atomic E-state index is 5.34. The number of nitrogens with one attached hydrogen (secondary N) is 1. The van der Waals surface area contributed by atoms with E-state index >= 15 is 0 Å². The number of hydrogen-bond acceptors (Lipinski definition) is 4. The molecule has 7 heteroatoms. The third-order valence-corrected chi connectivity index (χ3v) is 3.43. The number of hydrogen-bond donors (Lipinski definition) is 1. The quantitative estimate of drug-likeness (QED) is 0.652. The fourth-order valence-corrected chi connectivity index (χ4v) is 2.20. The highest BCUT2D eigenvalue weighted by molar-refractivity contribution is 5.79. The minimum atomic E-state index is 0.359. The molecule has 0 amide bonds. The van der Waals surface area contributed by atoms with Gasteiger partial charge in [-0.15, -0.1) is 0 Å². The fourth-order valence-electron chi connectivity index (χ4n) is 2.20. The van der Waals surface area contributed by atoms with E-state index in [1.54, 1.807) is 4.68 Å². The summed E-state index contributed by atoms with van der Waals surface area (Å²) in [6, 6.07) is 1.97. The average Bonchev–Trinajstić information content (AvgIpc) is 3.12. The lowest BCUT2D eigenvalue weighted by atomic mass is 10.1. The Morgan fingerprint density at radius 2 is 2.26 bits per heavy atom. The van der Waals surface area contributed by atoms with Crippen LogP contribution in [0, 0.1) is 0 Å². The summed E-state index contributed by atoms with van der Waals surface area (Å²) in [5, 5.41) is 11.6. The Morgan fingerprint density at radius 3 is 2.83 bits per heavy atom. The Labute approximate surface area is 137 Å². The summed E-state index contributed by atoms with van der Waals surface area (Å²) in [5.41, 5.74) is 2.10. The molecular formula is C16H26N6O. The van der Waals surface area contributed by atoms with Gasteiger partial charge in [-0.2, -0.15) is 5.10 Å². The molecule has 0 aliphatic heterocycles. The van der Waals surface area contributed by atoms with Gasteiger partial charge in [-0.1, -0.05) is 19.0 Å². The molecule has 126 valence electrons. The van der Waals surface area contributed by atoms with Gasteiger partial charge >= 0.3 is 0 Å². The molecule has 0 atom stereocenters. The molecule has 0 spiro atoms. The van der Waals surface area contributed by atoms with Gasteiger partial charge in [0.05, 0.1) is 11.9 Å². The summed E-state index contributed by atoms with van der Waals surface area (Å²) in [4.78, 5) is 6.70. The van der Waals surface area contributed by atoms with Gasteiger partial charge in [0.2, 0.25) is 0 Å². The van der Waals surface area contributed by atoms with E-state index in [-0.39, 0.29) is 0 Å². The van der Waals surface area contributed by atoms with Gasteiger partial charge in [-0.3, -0.25) is 4.68 Å². The van der Waals surface area contributed by atoms with Crippen molar-refractivity contribution in [1.29, 1.82) is 0 Å².